The maximum absolute atomic E-state index is 12.1. The van der Waals surface area contributed by atoms with Crippen LogP contribution in [-0.2, 0) is 0 Å². The van der Waals surface area contributed by atoms with Crippen LogP contribution in [0.25, 0.3) is 22.6 Å². The van der Waals surface area contributed by atoms with Gasteiger partial charge in [-0.05, 0) is 24.8 Å². The van der Waals surface area contributed by atoms with Crippen LogP contribution in [0.3, 0.4) is 0 Å². The molecule has 0 aliphatic carbocycles. The Balaban J connectivity index is 2.24. The summed E-state index contributed by atoms with van der Waals surface area (Å²) in [6.45, 7) is 3.83. The number of H-pyrrole nitrogens is 1. The molecule has 0 saturated carbocycles. The van der Waals surface area contributed by atoms with Gasteiger partial charge >= 0.3 is 0 Å². The molecule has 0 aliphatic heterocycles. The first-order valence-electron chi connectivity index (χ1n) is 6.36. The standard InChI is InChI=1S/C16H14N2OS/c1-10-8-20-9-13(10)15-17-14(11(2)16(19)18-15)12-6-4-3-5-7-12/h3-9H,1-2H3,(H,17,18,19). The highest BCUT2D eigenvalue weighted by atomic mass is 32.1. The monoisotopic (exact) mass is 282 g/mol. The molecule has 2 heterocycles. The minimum atomic E-state index is -0.0838. The Kier molecular flexibility index (Phi) is 3.24. The summed E-state index contributed by atoms with van der Waals surface area (Å²) >= 11 is 1.61. The summed E-state index contributed by atoms with van der Waals surface area (Å²) in [5.74, 6) is 0.637. The highest BCUT2D eigenvalue weighted by molar-refractivity contribution is 7.08. The van der Waals surface area contributed by atoms with Crippen molar-refractivity contribution in [2.45, 2.75) is 13.8 Å². The lowest BCUT2D eigenvalue weighted by Crippen LogP contribution is -2.14. The van der Waals surface area contributed by atoms with E-state index in [0.717, 1.165) is 22.4 Å². The van der Waals surface area contributed by atoms with Gasteiger partial charge in [-0.2, -0.15) is 11.3 Å². The molecule has 3 rings (SSSR count). The van der Waals surface area contributed by atoms with E-state index in [1.165, 1.54) is 0 Å². The quantitative estimate of drug-likeness (QED) is 0.777. The average Bonchev–Trinajstić information content (AvgIpc) is 2.89. The minimum absolute atomic E-state index is 0.0838. The maximum atomic E-state index is 12.1. The molecule has 3 nitrogen and oxygen atoms in total. The van der Waals surface area contributed by atoms with Crippen LogP contribution in [0.1, 0.15) is 11.1 Å². The lowest BCUT2D eigenvalue weighted by molar-refractivity contribution is 1.09. The number of aromatic amines is 1. The summed E-state index contributed by atoms with van der Waals surface area (Å²) < 4.78 is 0. The van der Waals surface area contributed by atoms with Crippen LogP contribution < -0.4 is 5.56 Å². The molecule has 0 unspecified atom stereocenters. The fraction of sp³-hybridized carbons (Fsp3) is 0.125. The molecule has 0 radical (unpaired) electrons. The zero-order chi connectivity index (χ0) is 14.1. The molecule has 0 bridgehead atoms. The maximum Gasteiger partial charge on any atom is 0.254 e. The number of benzene rings is 1. The molecule has 0 spiro atoms. The van der Waals surface area contributed by atoms with Gasteiger partial charge in [0.15, 0.2) is 0 Å². The molecule has 3 aromatic rings. The van der Waals surface area contributed by atoms with Crippen LogP contribution >= 0.6 is 11.3 Å². The molecule has 100 valence electrons. The third-order valence-corrected chi connectivity index (χ3v) is 4.17. The van der Waals surface area contributed by atoms with E-state index in [9.17, 15) is 4.79 Å². The number of hydrogen-bond donors (Lipinski definition) is 1. The lowest BCUT2D eigenvalue weighted by Gasteiger charge is -2.07. The van der Waals surface area contributed by atoms with E-state index in [-0.39, 0.29) is 5.56 Å². The van der Waals surface area contributed by atoms with Crippen LogP contribution in [0.2, 0.25) is 0 Å². The molecule has 20 heavy (non-hydrogen) atoms. The van der Waals surface area contributed by atoms with Gasteiger partial charge < -0.3 is 4.98 Å². The third-order valence-electron chi connectivity index (χ3n) is 3.31. The third kappa shape index (κ3) is 2.18. The second kappa shape index (κ2) is 5.06. The fourth-order valence-electron chi connectivity index (χ4n) is 2.14. The van der Waals surface area contributed by atoms with E-state index in [1.54, 1.807) is 18.3 Å². The number of hydrogen-bond acceptors (Lipinski definition) is 3. The van der Waals surface area contributed by atoms with Gasteiger partial charge in [0.25, 0.3) is 5.56 Å². The van der Waals surface area contributed by atoms with Crippen molar-refractivity contribution >= 4 is 11.3 Å². The minimum Gasteiger partial charge on any atom is -0.306 e. The number of aromatic nitrogens is 2. The fourth-order valence-corrected chi connectivity index (χ4v) is 2.97. The predicted octanol–water partition coefficient (Wildman–Crippen LogP) is 3.78. The molecule has 1 N–H and O–H groups in total. The Hall–Kier alpha value is -2.20. The molecule has 2 aromatic heterocycles. The Bertz CT molecular complexity index is 803. The van der Waals surface area contributed by atoms with Crippen molar-refractivity contribution in [1.29, 1.82) is 0 Å². The van der Waals surface area contributed by atoms with Gasteiger partial charge in [-0.25, -0.2) is 4.98 Å². The SMILES string of the molecule is Cc1cscc1-c1nc(-c2ccccc2)c(C)c(=O)[nH]1. The smallest absolute Gasteiger partial charge is 0.254 e. The normalized spacial score (nSPS) is 10.7. The van der Waals surface area contributed by atoms with Crippen LogP contribution in [0, 0.1) is 13.8 Å². The number of nitrogens with zero attached hydrogens (tertiary/aromatic N) is 1. The molecular formula is C16H14N2OS. The van der Waals surface area contributed by atoms with Crippen LogP contribution in [0.5, 0.6) is 0 Å². The number of thiophene rings is 1. The van der Waals surface area contributed by atoms with E-state index in [0.29, 0.717) is 11.4 Å². The summed E-state index contributed by atoms with van der Waals surface area (Å²) in [6.07, 6.45) is 0. The van der Waals surface area contributed by atoms with E-state index in [1.807, 2.05) is 42.6 Å². The second-order valence-corrected chi connectivity index (χ2v) is 5.47. The van der Waals surface area contributed by atoms with Crippen molar-refractivity contribution in [3.63, 3.8) is 0 Å². The number of nitrogens with one attached hydrogen (secondary N) is 1. The van der Waals surface area contributed by atoms with Crippen LogP contribution in [0.15, 0.2) is 45.9 Å². The van der Waals surface area contributed by atoms with Gasteiger partial charge in [0, 0.05) is 22.1 Å². The van der Waals surface area contributed by atoms with Crippen LogP contribution in [-0.4, -0.2) is 9.97 Å². The van der Waals surface area contributed by atoms with E-state index >= 15 is 0 Å². The van der Waals surface area contributed by atoms with Crippen molar-refractivity contribution < 1.29 is 0 Å². The zero-order valence-electron chi connectivity index (χ0n) is 11.3. The molecule has 0 amide bonds. The van der Waals surface area contributed by atoms with Gasteiger partial charge in [-0.15, -0.1) is 0 Å². The highest BCUT2D eigenvalue weighted by Gasteiger charge is 2.12. The molecule has 0 aliphatic rings. The summed E-state index contributed by atoms with van der Waals surface area (Å²) in [6, 6.07) is 9.80. The highest BCUT2D eigenvalue weighted by Crippen LogP contribution is 2.26. The van der Waals surface area contributed by atoms with E-state index in [4.69, 9.17) is 0 Å². The molecular weight excluding hydrogens is 268 g/mol. The van der Waals surface area contributed by atoms with Gasteiger partial charge in [-0.1, -0.05) is 30.3 Å². The van der Waals surface area contributed by atoms with Gasteiger partial charge in [0.05, 0.1) is 5.69 Å². The van der Waals surface area contributed by atoms with Crippen molar-refractivity contribution in [1.82, 2.24) is 9.97 Å². The average molecular weight is 282 g/mol. The summed E-state index contributed by atoms with van der Waals surface area (Å²) in [5, 5.41) is 4.06. The number of aryl methyl sites for hydroxylation is 1. The molecule has 1 aromatic carbocycles. The van der Waals surface area contributed by atoms with Crippen molar-refractivity contribution in [3.05, 3.63) is 62.6 Å². The first kappa shape index (κ1) is 12.8. The summed E-state index contributed by atoms with van der Waals surface area (Å²) in [5.41, 5.74) is 4.39. The summed E-state index contributed by atoms with van der Waals surface area (Å²) in [4.78, 5) is 19.7. The topological polar surface area (TPSA) is 45.8 Å². The predicted molar refractivity (Wildman–Crippen MR) is 83.1 cm³/mol. The largest absolute Gasteiger partial charge is 0.306 e. The van der Waals surface area contributed by atoms with Crippen LogP contribution in [0.4, 0.5) is 0 Å². The van der Waals surface area contributed by atoms with Gasteiger partial charge in [0.2, 0.25) is 0 Å². The number of rotatable bonds is 2. The Labute approximate surface area is 121 Å². The lowest BCUT2D eigenvalue weighted by atomic mass is 10.1. The van der Waals surface area contributed by atoms with Gasteiger partial charge in [0.1, 0.15) is 5.82 Å². The van der Waals surface area contributed by atoms with E-state index < -0.39 is 0 Å². The van der Waals surface area contributed by atoms with Crippen molar-refractivity contribution in [2.24, 2.45) is 0 Å². The molecule has 0 fully saturated rings. The Morgan fingerprint density at radius 3 is 2.50 bits per heavy atom. The second-order valence-electron chi connectivity index (χ2n) is 4.72. The molecule has 0 saturated heterocycles. The Morgan fingerprint density at radius 2 is 1.85 bits per heavy atom. The van der Waals surface area contributed by atoms with Crippen molar-refractivity contribution in [2.75, 3.05) is 0 Å². The Morgan fingerprint density at radius 1 is 1.10 bits per heavy atom. The first-order chi connectivity index (χ1) is 9.66. The van der Waals surface area contributed by atoms with Gasteiger partial charge in [-0.3, -0.25) is 4.79 Å². The molecule has 4 heteroatoms. The molecule has 0 atom stereocenters. The van der Waals surface area contributed by atoms with E-state index in [2.05, 4.69) is 15.3 Å². The summed E-state index contributed by atoms with van der Waals surface area (Å²) in [7, 11) is 0. The van der Waals surface area contributed by atoms with Crippen molar-refractivity contribution in [3.8, 4) is 22.6 Å². The zero-order valence-corrected chi connectivity index (χ0v) is 12.1. The first-order valence-corrected chi connectivity index (χ1v) is 7.30.